The minimum absolute atomic E-state index is 0.295. The fraction of sp³-hybridized carbons (Fsp3) is 0.500. The molecule has 118 valence electrons. The molecular weight excluding hydrogens is 381 g/mol. The van der Waals surface area contributed by atoms with Gasteiger partial charge in [0.25, 0.3) is 0 Å². The van der Waals surface area contributed by atoms with Crippen molar-refractivity contribution in [2.24, 2.45) is 5.92 Å². The summed E-state index contributed by atoms with van der Waals surface area (Å²) in [6, 6.07) is 16.4. The predicted molar refractivity (Wildman–Crippen MR) is 105 cm³/mol. The molecule has 3 unspecified atom stereocenters. The number of benzene rings is 2. The summed E-state index contributed by atoms with van der Waals surface area (Å²) in [5.74, 6) is 0.721. The van der Waals surface area contributed by atoms with E-state index in [0.29, 0.717) is 11.5 Å². The van der Waals surface area contributed by atoms with Gasteiger partial charge in [-0.1, -0.05) is 78.9 Å². The lowest BCUT2D eigenvalue weighted by molar-refractivity contribution is 0.176. The molecule has 0 bridgehead atoms. The van der Waals surface area contributed by atoms with E-state index in [1.54, 1.807) is 0 Å². The maximum atomic E-state index is 3.65. The van der Waals surface area contributed by atoms with Gasteiger partial charge in [-0.05, 0) is 48.6 Å². The Morgan fingerprint density at radius 1 is 1.18 bits per heavy atom. The van der Waals surface area contributed by atoms with Gasteiger partial charge in [-0.25, -0.2) is 0 Å². The Balaban J connectivity index is 2.05. The molecule has 2 heteroatoms. The Morgan fingerprint density at radius 3 is 2.45 bits per heavy atom. The number of alkyl halides is 1. The van der Waals surface area contributed by atoms with Crippen LogP contribution in [-0.2, 0) is 5.41 Å². The van der Waals surface area contributed by atoms with Gasteiger partial charge in [-0.15, -0.1) is 0 Å². The van der Waals surface area contributed by atoms with Gasteiger partial charge in [0.1, 0.15) is 0 Å². The van der Waals surface area contributed by atoms with Gasteiger partial charge in [-0.2, -0.15) is 0 Å². The van der Waals surface area contributed by atoms with E-state index in [-0.39, 0.29) is 0 Å². The quantitative estimate of drug-likeness (QED) is 0.523. The summed E-state index contributed by atoms with van der Waals surface area (Å²) in [6.45, 7) is 4.67. The van der Waals surface area contributed by atoms with Crippen LogP contribution in [0.15, 0.2) is 42.5 Å². The molecule has 0 aliphatic heterocycles. The summed E-state index contributed by atoms with van der Waals surface area (Å²) in [6.07, 6.45) is 3.88. The van der Waals surface area contributed by atoms with E-state index < -0.39 is 0 Å². The Kier molecular flexibility index (Phi) is 4.79. The van der Waals surface area contributed by atoms with Crippen LogP contribution in [0, 0.1) is 5.92 Å². The molecule has 2 aromatic carbocycles. The van der Waals surface area contributed by atoms with Crippen LogP contribution in [0.1, 0.15) is 38.7 Å². The molecule has 0 aromatic heterocycles. The molecule has 22 heavy (non-hydrogen) atoms. The predicted octanol–water partition coefficient (Wildman–Crippen LogP) is 5.31. The summed E-state index contributed by atoms with van der Waals surface area (Å²) in [5, 5.41) is 6.36. The van der Waals surface area contributed by atoms with E-state index in [0.717, 1.165) is 9.84 Å². The molecule has 1 fully saturated rings. The van der Waals surface area contributed by atoms with Gasteiger partial charge < -0.3 is 5.32 Å². The minimum Gasteiger partial charge on any atom is -0.316 e. The highest BCUT2D eigenvalue weighted by atomic mass is 127. The van der Waals surface area contributed by atoms with Crippen LogP contribution in [0.3, 0.4) is 0 Å². The monoisotopic (exact) mass is 407 g/mol. The van der Waals surface area contributed by atoms with Crippen molar-refractivity contribution in [3.05, 3.63) is 48.0 Å². The Hall–Kier alpha value is -0.610. The van der Waals surface area contributed by atoms with Crippen molar-refractivity contribution in [3.8, 4) is 0 Å². The number of rotatable bonds is 5. The molecule has 1 saturated carbocycles. The molecule has 0 radical (unpaired) electrons. The normalized spacial score (nSPS) is 26.1. The van der Waals surface area contributed by atoms with Crippen LogP contribution in [0.2, 0.25) is 0 Å². The number of likely N-dealkylation sites (N-methyl/N-ethyl adjacent to an activating group) is 1. The lowest BCUT2D eigenvalue weighted by atomic mass is 9.58. The third-order valence-corrected chi connectivity index (χ3v) is 7.07. The van der Waals surface area contributed by atoms with Gasteiger partial charge in [-0.3, -0.25) is 0 Å². The molecule has 0 heterocycles. The SMILES string of the molecule is CNC(CC(C)C)C1(c2ccc3ccccc3c2)CCC1I. The second-order valence-corrected chi connectivity index (χ2v) is 8.58. The van der Waals surface area contributed by atoms with Crippen LogP contribution >= 0.6 is 22.6 Å². The average Bonchev–Trinajstić information content (AvgIpc) is 2.52. The zero-order valence-corrected chi connectivity index (χ0v) is 15.9. The molecule has 3 atom stereocenters. The average molecular weight is 407 g/mol. The second kappa shape index (κ2) is 6.48. The summed E-state index contributed by atoms with van der Waals surface area (Å²) >= 11 is 2.68. The zero-order valence-electron chi connectivity index (χ0n) is 13.8. The second-order valence-electron chi connectivity index (χ2n) is 7.08. The van der Waals surface area contributed by atoms with Crippen molar-refractivity contribution in [3.63, 3.8) is 0 Å². The molecule has 1 aliphatic carbocycles. The summed E-state index contributed by atoms with van der Waals surface area (Å²) < 4.78 is 0.725. The first-order chi connectivity index (χ1) is 10.6. The van der Waals surface area contributed by atoms with Crippen LogP contribution in [0.4, 0.5) is 0 Å². The van der Waals surface area contributed by atoms with Gasteiger partial charge in [0.2, 0.25) is 0 Å². The van der Waals surface area contributed by atoms with E-state index in [1.165, 1.54) is 35.6 Å². The number of fused-ring (bicyclic) bond motifs is 1. The minimum atomic E-state index is 0.295. The van der Waals surface area contributed by atoms with Crippen molar-refractivity contribution in [2.75, 3.05) is 7.05 Å². The number of nitrogens with one attached hydrogen (secondary N) is 1. The van der Waals surface area contributed by atoms with Crippen molar-refractivity contribution in [1.29, 1.82) is 0 Å². The smallest absolute Gasteiger partial charge is 0.0224 e. The molecule has 0 amide bonds. The third kappa shape index (κ3) is 2.69. The van der Waals surface area contributed by atoms with E-state index in [1.807, 2.05) is 0 Å². The van der Waals surface area contributed by atoms with Crippen molar-refractivity contribution < 1.29 is 0 Å². The first-order valence-corrected chi connectivity index (χ1v) is 9.63. The largest absolute Gasteiger partial charge is 0.316 e. The molecule has 0 saturated heterocycles. The number of halogens is 1. The van der Waals surface area contributed by atoms with Gasteiger partial charge in [0.15, 0.2) is 0 Å². The first-order valence-electron chi connectivity index (χ1n) is 8.38. The standard InChI is InChI=1S/C20H26IN/c1-14(2)12-19(22-3)20(11-10-18(20)21)17-9-8-15-6-4-5-7-16(15)13-17/h4-9,13-14,18-19,22H,10-12H2,1-3H3. The van der Waals surface area contributed by atoms with Crippen LogP contribution in [0.25, 0.3) is 10.8 Å². The summed E-state index contributed by atoms with van der Waals surface area (Å²) in [5.41, 5.74) is 1.82. The van der Waals surface area contributed by atoms with Gasteiger partial charge >= 0.3 is 0 Å². The topological polar surface area (TPSA) is 12.0 Å². The fourth-order valence-electron chi connectivity index (χ4n) is 4.02. The Bertz CT molecular complexity index is 651. The van der Waals surface area contributed by atoms with Gasteiger partial charge in [0, 0.05) is 15.4 Å². The molecule has 2 aromatic rings. The van der Waals surface area contributed by atoms with E-state index in [9.17, 15) is 0 Å². The number of hydrogen-bond donors (Lipinski definition) is 1. The highest BCUT2D eigenvalue weighted by Gasteiger charge is 2.51. The maximum absolute atomic E-state index is 3.65. The molecule has 1 nitrogen and oxygen atoms in total. The highest BCUT2D eigenvalue weighted by molar-refractivity contribution is 14.1. The first kappa shape index (κ1) is 16.3. The van der Waals surface area contributed by atoms with E-state index in [2.05, 4.69) is 91.3 Å². The fourth-order valence-corrected chi connectivity index (χ4v) is 5.44. The molecular formula is C20H26IN. The Labute approximate surface area is 148 Å². The molecule has 1 aliphatic rings. The lowest BCUT2D eigenvalue weighted by Gasteiger charge is -2.53. The van der Waals surface area contributed by atoms with Crippen LogP contribution in [0.5, 0.6) is 0 Å². The third-order valence-electron chi connectivity index (χ3n) is 5.33. The molecule has 1 N–H and O–H groups in total. The van der Waals surface area contributed by atoms with E-state index in [4.69, 9.17) is 0 Å². The number of hydrogen-bond acceptors (Lipinski definition) is 1. The van der Waals surface area contributed by atoms with Crippen LogP contribution < -0.4 is 5.32 Å². The van der Waals surface area contributed by atoms with Gasteiger partial charge in [0.05, 0.1) is 0 Å². The lowest BCUT2D eigenvalue weighted by Crippen LogP contribution is -2.58. The van der Waals surface area contributed by atoms with E-state index >= 15 is 0 Å². The maximum Gasteiger partial charge on any atom is 0.0224 e. The van der Waals surface area contributed by atoms with Crippen molar-refractivity contribution in [2.45, 2.75) is 48.5 Å². The van der Waals surface area contributed by atoms with Crippen molar-refractivity contribution >= 4 is 33.4 Å². The highest BCUT2D eigenvalue weighted by Crippen LogP contribution is 2.52. The van der Waals surface area contributed by atoms with Crippen LogP contribution in [-0.4, -0.2) is 17.0 Å². The summed E-state index contributed by atoms with van der Waals surface area (Å²) in [4.78, 5) is 0. The summed E-state index contributed by atoms with van der Waals surface area (Å²) in [7, 11) is 2.14. The Morgan fingerprint density at radius 2 is 1.91 bits per heavy atom. The molecule has 0 spiro atoms. The van der Waals surface area contributed by atoms with Crippen molar-refractivity contribution in [1.82, 2.24) is 5.32 Å². The zero-order chi connectivity index (χ0) is 15.7. The molecule has 3 rings (SSSR count).